The molecule has 58 heavy (non-hydrogen) atoms. The molecule has 5 heteroatoms. The van der Waals surface area contributed by atoms with E-state index in [9.17, 15) is 0 Å². The fraction of sp³-hybridized carbons (Fsp3) is 0.0377. The molecule has 0 N–H and O–H groups in total. The van der Waals surface area contributed by atoms with E-state index in [1.54, 1.807) is 0 Å². The van der Waals surface area contributed by atoms with Gasteiger partial charge in [0.1, 0.15) is 0 Å². The van der Waals surface area contributed by atoms with Crippen LogP contribution in [0.1, 0.15) is 25.2 Å². The summed E-state index contributed by atoms with van der Waals surface area (Å²) in [7, 11) is 0. The highest BCUT2D eigenvalue weighted by Crippen LogP contribution is 2.41. The molecule has 0 radical (unpaired) electrons. The molecule has 6 aromatic carbocycles. The molecule has 0 aliphatic heterocycles. The molecule has 0 aliphatic carbocycles. The molecule has 0 amide bonds. The molecule has 9 rings (SSSR count). The largest absolute Gasteiger partial charge is 0.245 e. The Hall–Kier alpha value is -7.63. The van der Waals surface area contributed by atoms with Gasteiger partial charge < -0.3 is 0 Å². The monoisotopic (exact) mass is 747 g/mol. The summed E-state index contributed by atoms with van der Waals surface area (Å²) in [5, 5.41) is 10.8. The van der Waals surface area contributed by atoms with Gasteiger partial charge in [-0.15, -0.1) is 0 Å². The minimum absolute atomic E-state index is 0.768. The van der Waals surface area contributed by atoms with Crippen molar-refractivity contribution in [3.63, 3.8) is 0 Å². The minimum atomic E-state index is 0.768. The van der Waals surface area contributed by atoms with Gasteiger partial charge in [-0.1, -0.05) is 188 Å². The van der Waals surface area contributed by atoms with E-state index in [4.69, 9.17) is 15.2 Å². The van der Waals surface area contributed by atoms with E-state index in [2.05, 4.69) is 179 Å². The summed E-state index contributed by atoms with van der Waals surface area (Å²) in [5.41, 5.74) is 15.9. The van der Waals surface area contributed by atoms with Crippen molar-refractivity contribution in [2.75, 3.05) is 0 Å². The van der Waals surface area contributed by atoms with Gasteiger partial charge in [-0.2, -0.15) is 10.2 Å². The van der Waals surface area contributed by atoms with Crippen molar-refractivity contribution in [3.8, 4) is 67.3 Å². The average Bonchev–Trinajstić information content (AvgIpc) is 3.87. The number of nitrogens with zero attached hydrogens (tertiary/aromatic N) is 5. The van der Waals surface area contributed by atoms with E-state index < -0.39 is 0 Å². The van der Waals surface area contributed by atoms with Crippen LogP contribution >= 0.6 is 0 Å². The molecule has 0 unspecified atom stereocenters. The topological polar surface area (TPSA) is 47.5 Å². The zero-order valence-electron chi connectivity index (χ0n) is 32.4. The lowest BCUT2D eigenvalue weighted by Gasteiger charge is -2.13. The van der Waals surface area contributed by atoms with Gasteiger partial charge >= 0.3 is 0 Å². The lowest BCUT2D eigenvalue weighted by Crippen LogP contribution is -2.09. The Kier molecular flexibility index (Phi) is 10.1. The highest BCUT2D eigenvalue weighted by atomic mass is 15.4. The predicted molar refractivity (Wildman–Crippen MR) is 241 cm³/mol. The van der Waals surface area contributed by atoms with Crippen LogP contribution < -0.4 is 0 Å². The maximum absolute atomic E-state index is 5.38. The van der Waals surface area contributed by atoms with Gasteiger partial charge in [0, 0.05) is 33.4 Å². The van der Waals surface area contributed by atoms with Crippen molar-refractivity contribution in [1.29, 1.82) is 0 Å². The third-order valence-electron chi connectivity index (χ3n) is 10.3. The van der Waals surface area contributed by atoms with Gasteiger partial charge in [-0.3, -0.25) is 0 Å². The third kappa shape index (κ3) is 7.25. The standard InChI is InChI=1S/C53H41N5/c1-38(55-57-50(42-26-13-5-14-27-42)36-46(40-22-9-3-10-23-40)52(57)44-30-17-7-18-31-44)48-34-21-35-49(54-48)39(2)56-58-51(43-28-15-6-16-29-43)37-47(41-24-11-4-12-25-41)53(58)45-32-19-8-20-33-45/h3-37H,1-2H3. The van der Waals surface area contributed by atoms with E-state index >= 15 is 0 Å². The molecular weight excluding hydrogens is 707 g/mol. The number of rotatable bonds is 10. The smallest absolute Gasteiger partial charge is 0.0867 e. The number of pyridine rings is 1. The van der Waals surface area contributed by atoms with Crippen LogP contribution in [0.25, 0.3) is 67.3 Å². The second-order valence-electron chi connectivity index (χ2n) is 14.2. The summed E-state index contributed by atoms with van der Waals surface area (Å²) in [6.07, 6.45) is 0. The van der Waals surface area contributed by atoms with Crippen LogP contribution in [0.15, 0.2) is 223 Å². The summed E-state index contributed by atoms with van der Waals surface area (Å²) in [6.45, 7) is 4.06. The number of aromatic nitrogens is 3. The Morgan fingerprint density at radius 1 is 0.345 bits per heavy atom. The lowest BCUT2D eigenvalue weighted by molar-refractivity contribution is 0.899. The van der Waals surface area contributed by atoms with E-state index in [0.717, 1.165) is 90.1 Å². The zero-order valence-corrected chi connectivity index (χ0v) is 32.4. The number of benzene rings is 6. The van der Waals surface area contributed by atoms with Gasteiger partial charge in [-0.05, 0) is 49.2 Å². The minimum Gasteiger partial charge on any atom is -0.245 e. The van der Waals surface area contributed by atoms with Crippen molar-refractivity contribution in [2.45, 2.75) is 13.8 Å². The van der Waals surface area contributed by atoms with E-state index in [1.807, 2.05) is 56.3 Å². The van der Waals surface area contributed by atoms with Crippen LogP contribution in [0, 0.1) is 0 Å². The molecule has 0 saturated carbocycles. The first-order valence-electron chi connectivity index (χ1n) is 19.6. The summed E-state index contributed by atoms with van der Waals surface area (Å²) in [5.74, 6) is 0. The van der Waals surface area contributed by atoms with E-state index in [-0.39, 0.29) is 0 Å². The molecule has 5 nitrogen and oxygen atoms in total. The fourth-order valence-electron chi connectivity index (χ4n) is 7.50. The zero-order chi connectivity index (χ0) is 39.3. The Bertz CT molecular complexity index is 2660. The molecule has 0 fully saturated rings. The normalized spacial score (nSPS) is 11.8. The van der Waals surface area contributed by atoms with Crippen molar-refractivity contribution < 1.29 is 0 Å². The molecule has 3 aromatic heterocycles. The first-order valence-corrected chi connectivity index (χ1v) is 19.6. The van der Waals surface area contributed by atoms with Gasteiger partial charge in [0.15, 0.2) is 0 Å². The third-order valence-corrected chi connectivity index (χ3v) is 10.3. The first kappa shape index (κ1) is 36.0. The van der Waals surface area contributed by atoms with Crippen LogP contribution in [-0.2, 0) is 0 Å². The van der Waals surface area contributed by atoms with Gasteiger partial charge in [0.05, 0.1) is 45.6 Å². The molecule has 278 valence electrons. The van der Waals surface area contributed by atoms with Crippen LogP contribution in [0.2, 0.25) is 0 Å². The maximum Gasteiger partial charge on any atom is 0.0867 e. The molecule has 3 heterocycles. The Morgan fingerprint density at radius 2 is 0.638 bits per heavy atom. The van der Waals surface area contributed by atoms with Gasteiger partial charge in [0.2, 0.25) is 0 Å². The van der Waals surface area contributed by atoms with Gasteiger partial charge in [-0.25, -0.2) is 14.3 Å². The van der Waals surface area contributed by atoms with E-state index in [1.165, 1.54) is 0 Å². The Morgan fingerprint density at radius 3 is 0.966 bits per heavy atom. The summed E-state index contributed by atoms with van der Waals surface area (Å²) in [6, 6.07) is 73.6. The first-order chi connectivity index (χ1) is 28.6. The van der Waals surface area contributed by atoms with Crippen molar-refractivity contribution in [2.24, 2.45) is 10.2 Å². The second kappa shape index (κ2) is 16.2. The maximum atomic E-state index is 5.38. The molecule has 0 aliphatic rings. The SMILES string of the molecule is CC(=Nn1c(-c2ccccc2)cc(-c2ccccc2)c1-c1ccccc1)c1cccc(C(C)=Nn2c(-c3ccccc3)cc(-c3ccccc3)c2-c2ccccc2)n1. The van der Waals surface area contributed by atoms with Crippen molar-refractivity contribution in [3.05, 3.63) is 224 Å². The summed E-state index contributed by atoms with van der Waals surface area (Å²) >= 11 is 0. The van der Waals surface area contributed by atoms with Crippen LogP contribution in [-0.4, -0.2) is 25.8 Å². The molecule has 0 spiro atoms. The highest BCUT2D eigenvalue weighted by Gasteiger charge is 2.22. The molecule has 0 atom stereocenters. The van der Waals surface area contributed by atoms with Crippen molar-refractivity contribution in [1.82, 2.24) is 14.3 Å². The highest BCUT2D eigenvalue weighted by molar-refractivity contribution is 6.01. The summed E-state index contributed by atoms with van der Waals surface area (Å²) < 4.78 is 4.17. The number of hydrogen-bond acceptors (Lipinski definition) is 3. The average molecular weight is 748 g/mol. The predicted octanol–water partition coefficient (Wildman–Crippen LogP) is 13.2. The Labute approximate surface area is 339 Å². The summed E-state index contributed by atoms with van der Waals surface area (Å²) in [4.78, 5) is 5.22. The molecule has 0 saturated heterocycles. The Balaban J connectivity index is 1.19. The molecular formula is C53H41N5. The lowest BCUT2D eigenvalue weighted by atomic mass is 10.0. The van der Waals surface area contributed by atoms with Crippen molar-refractivity contribution >= 4 is 11.4 Å². The molecule has 0 bridgehead atoms. The quantitative estimate of drug-likeness (QED) is 0.129. The van der Waals surface area contributed by atoms with Crippen LogP contribution in [0.3, 0.4) is 0 Å². The second-order valence-corrected chi connectivity index (χ2v) is 14.2. The number of hydrogen-bond donors (Lipinski definition) is 0. The van der Waals surface area contributed by atoms with Crippen LogP contribution in [0.4, 0.5) is 0 Å². The fourth-order valence-corrected chi connectivity index (χ4v) is 7.50. The van der Waals surface area contributed by atoms with Gasteiger partial charge in [0.25, 0.3) is 0 Å². The molecule has 9 aromatic rings. The van der Waals surface area contributed by atoms with Crippen LogP contribution in [0.5, 0.6) is 0 Å². The van der Waals surface area contributed by atoms with E-state index in [0.29, 0.717) is 0 Å².